The predicted molar refractivity (Wildman–Crippen MR) is 182 cm³/mol. The van der Waals surface area contributed by atoms with Gasteiger partial charge in [-0.05, 0) is 42.8 Å². The molecule has 0 saturated heterocycles. The molecule has 1 unspecified atom stereocenters. The number of anilines is 2. The monoisotopic (exact) mass is 636 g/mol. The van der Waals surface area contributed by atoms with Gasteiger partial charge in [0.25, 0.3) is 0 Å². The maximum atomic E-state index is 13.4. The number of rotatable bonds is 11. The maximum Gasteiger partial charge on any atom is 0.324 e. The number of benzene rings is 3. The molecule has 3 aromatic carbocycles. The first-order valence-electron chi connectivity index (χ1n) is 15.3. The summed E-state index contributed by atoms with van der Waals surface area (Å²) in [6.45, 7) is 10.1. The number of aromatic nitrogens is 3. The van der Waals surface area contributed by atoms with E-state index in [1.54, 1.807) is 24.2 Å². The van der Waals surface area contributed by atoms with Crippen LogP contribution in [-0.4, -0.2) is 40.4 Å². The van der Waals surface area contributed by atoms with Crippen LogP contribution in [0.2, 0.25) is 0 Å². The van der Waals surface area contributed by atoms with Crippen molar-refractivity contribution in [3.63, 3.8) is 0 Å². The fraction of sp³-hybridized carbons (Fsp3) is 0.278. The summed E-state index contributed by atoms with van der Waals surface area (Å²) in [6.07, 6.45) is 2.76. The lowest BCUT2D eigenvalue weighted by Gasteiger charge is -2.20. The predicted octanol–water partition coefficient (Wildman–Crippen LogP) is 7.00. The molecule has 3 N–H and O–H groups in total. The highest BCUT2D eigenvalue weighted by Crippen LogP contribution is 2.33. The van der Waals surface area contributed by atoms with Gasteiger partial charge in [0.1, 0.15) is 24.3 Å². The lowest BCUT2D eigenvalue weighted by molar-refractivity contribution is -0.139. The van der Waals surface area contributed by atoms with Crippen molar-refractivity contribution in [2.45, 2.75) is 52.7 Å². The highest BCUT2D eigenvalue weighted by molar-refractivity contribution is 6.07. The average Bonchev–Trinajstić information content (AvgIpc) is 3.47. The minimum atomic E-state index is -0.583. The van der Waals surface area contributed by atoms with Crippen LogP contribution in [0.3, 0.4) is 0 Å². The maximum absolute atomic E-state index is 13.4. The van der Waals surface area contributed by atoms with Crippen molar-refractivity contribution >= 4 is 34.2 Å². The molecule has 11 heteroatoms. The van der Waals surface area contributed by atoms with Gasteiger partial charge < -0.3 is 14.8 Å². The number of ether oxygens (including phenoxy) is 2. The van der Waals surface area contributed by atoms with E-state index in [9.17, 15) is 9.59 Å². The molecule has 0 bridgehead atoms. The number of pyridine rings is 1. The molecule has 47 heavy (non-hydrogen) atoms. The summed E-state index contributed by atoms with van der Waals surface area (Å²) in [6, 6.07) is 22.7. The van der Waals surface area contributed by atoms with Crippen molar-refractivity contribution in [3.05, 3.63) is 108 Å². The molecule has 0 fully saturated rings. The number of methoxy groups -OCH3 is 1. The molecule has 0 aliphatic carbocycles. The third-order valence-electron chi connectivity index (χ3n) is 7.47. The first-order valence-corrected chi connectivity index (χ1v) is 15.3. The molecule has 2 heterocycles. The fourth-order valence-electron chi connectivity index (χ4n) is 5.00. The topological polar surface area (TPSA) is 129 Å². The van der Waals surface area contributed by atoms with Gasteiger partial charge in [0.2, 0.25) is 5.91 Å². The van der Waals surface area contributed by atoms with E-state index in [4.69, 9.17) is 19.4 Å². The van der Waals surface area contributed by atoms with Crippen molar-refractivity contribution in [1.82, 2.24) is 20.2 Å². The number of nitrogens with one attached hydrogen (secondary N) is 3. The molecule has 0 spiro atoms. The minimum absolute atomic E-state index is 0.202. The Kier molecular flexibility index (Phi) is 10.2. The van der Waals surface area contributed by atoms with Crippen molar-refractivity contribution < 1.29 is 23.9 Å². The molecule has 0 aliphatic heterocycles. The highest BCUT2D eigenvalue weighted by Gasteiger charge is 2.22. The SMILES string of the molecule is COCC(ONC(C)=O)c1cnccc1COc1ccc(NC(=O)Nc2cc(C(C)(C)C)nn2-c2ccc(C)cc2)c2ccccc12. The van der Waals surface area contributed by atoms with Gasteiger partial charge in [-0.15, -0.1) is 0 Å². The standard InChI is InChI=1S/C36H40N6O5/c1-23-11-13-26(14-12-23)42-34(19-33(40-42)36(3,4)5)39-35(44)38-30-15-16-31(28-10-8-7-9-27(28)30)46-21-25-17-18-37-20-29(25)32(22-45-6)47-41-24(2)43/h7-20,32H,21-22H2,1-6H3,(H,41,43)(H2,38,39,44). The van der Waals surface area contributed by atoms with Gasteiger partial charge in [-0.25, -0.2) is 15.0 Å². The largest absolute Gasteiger partial charge is 0.488 e. The molecule has 1 atom stereocenters. The second-order valence-corrected chi connectivity index (χ2v) is 12.2. The van der Waals surface area contributed by atoms with Gasteiger partial charge in [-0.3, -0.25) is 19.9 Å². The van der Waals surface area contributed by atoms with E-state index in [2.05, 4.69) is 41.9 Å². The van der Waals surface area contributed by atoms with Crippen LogP contribution in [0.1, 0.15) is 56.2 Å². The Labute approximate surface area is 274 Å². The normalized spacial score (nSPS) is 12.0. The molecule has 0 saturated carbocycles. The van der Waals surface area contributed by atoms with Crippen molar-refractivity contribution in [3.8, 4) is 11.4 Å². The Morgan fingerprint density at radius 3 is 2.40 bits per heavy atom. The first kappa shape index (κ1) is 33.1. The van der Waals surface area contributed by atoms with E-state index in [0.717, 1.165) is 38.8 Å². The van der Waals surface area contributed by atoms with Gasteiger partial charge in [0, 0.05) is 54.2 Å². The summed E-state index contributed by atoms with van der Waals surface area (Å²) in [7, 11) is 1.56. The molecule has 11 nitrogen and oxygen atoms in total. The number of nitrogens with zero attached hydrogens (tertiary/aromatic N) is 3. The number of aryl methyl sites for hydroxylation is 1. The Morgan fingerprint density at radius 1 is 0.957 bits per heavy atom. The summed E-state index contributed by atoms with van der Waals surface area (Å²) >= 11 is 0. The second-order valence-electron chi connectivity index (χ2n) is 12.2. The number of fused-ring (bicyclic) bond motifs is 1. The van der Waals surface area contributed by atoms with Crippen molar-refractivity contribution in [2.24, 2.45) is 0 Å². The van der Waals surface area contributed by atoms with Crippen LogP contribution in [0, 0.1) is 6.92 Å². The summed E-state index contributed by atoms with van der Waals surface area (Å²) in [5.41, 5.74) is 7.17. The van der Waals surface area contributed by atoms with Gasteiger partial charge in [0.05, 0.1) is 23.7 Å². The number of carbonyl (C=O) groups is 2. The van der Waals surface area contributed by atoms with Gasteiger partial charge in [0.15, 0.2) is 0 Å². The average molecular weight is 637 g/mol. The molecule has 3 amide bonds. The lowest BCUT2D eigenvalue weighted by atomic mass is 9.92. The Morgan fingerprint density at radius 2 is 1.70 bits per heavy atom. The molecular weight excluding hydrogens is 596 g/mol. The zero-order valence-electron chi connectivity index (χ0n) is 27.5. The number of urea groups is 1. The third kappa shape index (κ3) is 8.13. The van der Waals surface area contributed by atoms with Crippen LogP contribution in [0.4, 0.5) is 16.3 Å². The van der Waals surface area contributed by atoms with E-state index in [-0.39, 0.29) is 24.5 Å². The van der Waals surface area contributed by atoms with Gasteiger partial charge >= 0.3 is 6.03 Å². The van der Waals surface area contributed by atoms with Crippen LogP contribution in [0.25, 0.3) is 16.5 Å². The number of hydrogen-bond donors (Lipinski definition) is 3. The zero-order chi connectivity index (χ0) is 33.6. The van der Waals surface area contributed by atoms with Crippen LogP contribution in [0.5, 0.6) is 5.75 Å². The quantitative estimate of drug-likeness (QED) is 0.133. The number of carbonyl (C=O) groups excluding carboxylic acids is 2. The van der Waals surface area contributed by atoms with E-state index in [0.29, 0.717) is 17.3 Å². The van der Waals surface area contributed by atoms with Crippen LogP contribution >= 0.6 is 0 Å². The fourth-order valence-corrected chi connectivity index (χ4v) is 5.00. The van der Waals surface area contributed by atoms with Crippen molar-refractivity contribution in [1.29, 1.82) is 0 Å². The molecule has 0 radical (unpaired) electrons. The third-order valence-corrected chi connectivity index (χ3v) is 7.47. The van der Waals surface area contributed by atoms with Crippen molar-refractivity contribution in [2.75, 3.05) is 24.4 Å². The number of amides is 3. The Bertz CT molecular complexity index is 1860. The van der Waals surface area contributed by atoms with E-state index < -0.39 is 12.1 Å². The Balaban J connectivity index is 1.36. The summed E-state index contributed by atoms with van der Waals surface area (Å²) in [5.74, 6) is 0.865. The molecule has 244 valence electrons. The van der Waals surface area contributed by atoms with Gasteiger partial charge in [-0.1, -0.05) is 62.7 Å². The molecular formula is C36H40N6O5. The van der Waals surface area contributed by atoms with E-state index in [1.807, 2.05) is 79.7 Å². The summed E-state index contributed by atoms with van der Waals surface area (Å²) in [5, 5.41) is 12.5. The minimum Gasteiger partial charge on any atom is -0.488 e. The molecule has 2 aromatic heterocycles. The van der Waals surface area contributed by atoms with E-state index in [1.165, 1.54) is 6.92 Å². The van der Waals surface area contributed by atoms with Crippen LogP contribution in [-0.2, 0) is 26.4 Å². The summed E-state index contributed by atoms with van der Waals surface area (Å²) < 4.78 is 13.4. The van der Waals surface area contributed by atoms with Crippen LogP contribution in [0.15, 0.2) is 85.2 Å². The first-order chi connectivity index (χ1) is 22.5. The summed E-state index contributed by atoms with van der Waals surface area (Å²) in [4.78, 5) is 34.7. The molecule has 5 rings (SSSR count). The number of hydrogen-bond acceptors (Lipinski definition) is 7. The highest BCUT2D eigenvalue weighted by atomic mass is 16.7. The molecule has 0 aliphatic rings. The second kappa shape index (κ2) is 14.4. The smallest absolute Gasteiger partial charge is 0.324 e. The van der Waals surface area contributed by atoms with Gasteiger partial charge in [-0.2, -0.15) is 5.10 Å². The zero-order valence-corrected chi connectivity index (χ0v) is 27.5. The molecule has 5 aromatic rings. The van der Waals surface area contributed by atoms with E-state index >= 15 is 0 Å². The van der Waals surface area contributed by atoms with Crippen LogP contribution < -0.4 is 20.9 Å². The lowest BCUT2D eigenvalue weighted by Crippen LogP contribution is -2.26. The Hall–Kier alpha value is -5.26. The number of hydroxylamine groups is 1.